The lowest BCUT2D eigenvalue weighted by Gasteiger charge is -2.25. The van der Waals surface area contributed by atoms with Gasteiger partial charge >= 0.3 is 0 Å². The summed E-state index contributed by atoms with van der Waals surface area (Å²) in [6.45, 7) is 8.50. The van der Waals surface area contributed by atoms with Crippen molar-refractivity contribution in [2.75, 3.05) is 6.54 Å². The minimum atomic E-state index is -0.106. The van der Waals surface area contributed by atoms with Crippen molar-refractivity contribution in [1.82, 2.24) is 15.2 Å². The van der Waals surface area contributed by atoms with Crippen LogP contribution in [0, 0.1) is 6.92 Å². The highest BCUT2D eigenvalue weighted by Gasteiger charge is 2.18. The van der Waals surface area contributed by atoms with E-state index in [-0.39, 0.29) is 11.9 Å². The van der Waals surface area contributed by atoms with Gasteiger partial charge in [-0.2, -0.15) is 0 Å². The van der Waals surface area contributed by atoms with Gasteiger partial charge in [-0.15, -0.1) is 11.3 Å². The minimum Gasteiger partial charge on any atom is -0.349 e. The molecule has 0 aliphatic rings. The van der Waals surface area contributed by atoms with E-state index in [0.29, 0.717) is 18.2 Å². The molecule has 186 valence electrons. The molecule has 36 heavy (non-hydrogen) atoms. The van der Waals surface area contributed by atoms with Crippen molar-refractivity contribution in [3.05, 3.63) is 123 Å². The second-order valence-electron chi connectivity index (χ2n) is 9.61. The highest BCUT2D eigenvalue weighted by molar-refractivity contribution is 7.09. The normalized spacial score (nSPS) is 11.4. The third kappa shape index (κ3) is 7.36. The fourth-order valence-corrected chi connectivity index (χ4v) is 5.20. The van der Waals surface area contributed by atoms with E-state index in [1.807, 2.05) is 19.2 Å². The van der Waals surface area contributed by atoms with E-state index in [1.54, 1.807) is 11.3 Å². The Morgan fingerprint density at radius 3 is 2.08 bits per heavy atom. The lowest BCUT2D eigenvalue weighted by molar-refractivity contribution is 0.0938. The molecule has 0 fully saturated rings. The number of nitrogens with zero attached hydrogens (tertiary/aromatic N) is 2. The van der Waals surface area contributed by atoms with Crippen LogP contribution in [0.3, 0.4) is 0 Å². The Kier molecular flexibility index (Phi) is 9.04. The maximum Gasteiger partial charge on any atom is 0.270 e. The first kappa shape index (κ1) is 25.8. The zero-order valence-corrected chi connectivity index (χ0v) is 22.2. The Labute approximate surface area is 219 Å². The molecule has 0 saturated carbocycles. The van der Waals surface area contributed by atoms with E-state index in [4.69, 9.17) is 0 Å². The number of aromatic nitrogens is 1. The van der Waals surface area contributed by atoms with Gasteiger partial charge in [-0.3, -0.25) is 9.69 Å². The molecule has 4 rings (SSSR count). The molecule has 1 amide bonds. The molecule has 0 aliphatic heterocycles. The van der Waals surface area contributed by atoms with Crippen LogP contribution in [0.4, 0.5) is 0 Å². The number of nitrogens with one attached hydrogen (secondary N) is 1. The van der Waals surface area contributed by atoms with Crippen LogP contribution in [-0.4, -0.2) is 28.4 Å². The van der Waals surface area contributed by atoms with Gasteiger partial charge < -0.3 is 5.32 Å². The topological polar surface area (TPSA) is 45.2 Å². The van der Waals surface area contributed by atoms with E-state index in [0.717, 1.165) is 24.5 Å². The largest absolute Gasteiger partial charge is 0.349 e. The van der Waals surface area contributed by atoms with E-state index in [9.17, 15) is 4.79 Å². The summed E-state index contributed by atoms with van der Waals surface area (Å²) in [5.74, 6) is 0.211. The molecule has 4 nitrogen and oxygen atoms in total. The van der Waals surface area contributed by atoms with Crippen molar-refractivity contribution in [2.45, 2.75) is 52.2 Å². The summed E-state index contributed by atoms with van der Waals surface area (Å²) >= 11 is 1.56. The Morgan fingerprint density at radius 2 is 1.50 bits per heavy atom. The number of amides is 1. The summed E-state index contributed by atoms with van der Waals surface area (Å²) in [5.41, 5.74) is 5.72. The lowest BCUT2D eigenvalue weighted by atomic mass is 9.88. The SMILES string of the molecule is Cc1ccc(CN(CCC(c2ccccc2)c2ccccc2)Cc2nc(C(=O)NC(C)C)cs2)cc1. The standard InChI is InChI=1S/C31H35N3OS/c1-23(2)32-31(35)29-22-36-30(33-29)21-34(20-25-16-14-24(3)15-17-25)19-18-28(26-10-6-4-7-11-26)27-12-8-5-9-13-27/h4-17,22-23,28H,18-21H2,1-3H3,(H,32,35). The molecule has 0 aliphatic carbocycles. The van der Waals surface area contributed by atoms with Crippen LogP contribution in [-0.2, 0) is 13.1 Å². The van der Waals surface area contributed by atoms with E-state index in [1.165, 1.54) is 22.3 Å². The fraction of sp³-hybridized carbons (Fsp3) is 0.290. The molecule has 0 spiro atoms. The second-order valence-corrected chi connectivity index (χ2v) is 10.6. The molecule has 1 N–H and O–H groups in total. The van der Waals surface area contributed by atoms with E-state index < -0.39 is 0 Å². The molecule has 0 bridgehead atoms. The number of carbonyl (C=O) groups excluding carboxylic acids is 1. The summed E-state index contributed by atoms with van der Waals surface area (Å²) < 4.78 is 0. The van der Waals surface area contributed by atoms with Gasteiger partial charge in [0.1, 0.15) is 10.7 Å². The van der Waals surface area contributed by atoms with Crippen LogP contribution in [0.2, 0.25) is 0 Å². The quantitative estimate of drug-likeness (QED) is 0.247. The van der Waals surface area contributed by atoms with Crippen LogP contribution in [0.25, 0.3) is 0 Å². The summed E-state index contributed by atoms with van der Waals surface area (Å²) in [6.07, 6.45) is 0.992. The van der Waals surface area contributed by atoms with Gasteiger partial charge in [0.15, 0.2) is 0 Å². The number of rotatable bonds is 11. The minimum absolute atomic E-state index is 0.0913. The van der Waals surface area contributed by atoms with E-state index >= 15 is 0 Å². The van der Waals surface area contributed by atoms with Crippen LogP contribution in [0.1, 0.15) is 63.9 Å². The highest BCUT2D eigenvalue weighted by atomic mass is 32.1. The van der Waals surface area contributed by atoms with Crippen molar-refractivity contribution in [3.8, 4) is 0 Å². The first-order valence-corrected chi connectivity index (χ1v) is 13.5. The average Bonchev–Trinajstić information content (AvgIpc) is 3.35. The summed E-state index contributed by atoms with van der Waals surface area (Å²) in [6, 6.07) is 30.4. The second kappa shape index (κ2) is 12.6. The van der Waals surface area contributed by atoms with Crippen LogP contribution in [0.5, 0.6) is 0 Å². The van der Waals surface area contributed by atoms with Crippen LogP contribution < -0.4 is 5.32 Å². The zero-order valence-electron chi connectivity index (χ0n) is 21.4. The lowest BCUT2D eigenvalue weighted by Crippen LogP contribution is -2.30. The monoisotopic (exact) mass is 497 g/mol. The number of carbonyl (C=O) groups is 1. The van der Waals surface area contributed by atoms with Crippen LogP contribution in [0.15, 0.2) is 90.3 Å². The molecule has 0 radical (unpaired) electrons. The average molecular weight is 498 g/mol. The molecule has 5 heteroatoms. The molecular formula is C31H35N3OS. The Hall–Kier alpha value is -3.28. The van der Waals surface area contributed by atoms with Crippen molar-refractivity contribution in [3.63, 3.8) is 0 Å². The predicted octanol–water partition coefficient (Wildman–Crippen LogP) is 6.81. The number of hydrogen-bond donors (Lipinski definition) is 1. The van der Waals surface area contributed by atoms with Gasteiger partial charge in [0.05, 0.1) is 6.54 Å². The predicted molar refractivity (Wildman–Crippen MR) is 149 cm³/mol. The summed E-state index contributed by atoms with van der Waals surface area (Å²) in [4.78, 5) is 19.5. The van der Waals surface area contributed by atoms with Gasteiger partial charge in [0.2, 0.25) is 0 Å². The molecule has 0 atom stereocenters. The smallest absolute Gasteiger partial charge is 0.270 e. The Balaban J connectivity index is 1.53. The van der Waals surface area contributed by atoms with Gasteiger partial charge in [0.25, 0.3) is 5.91 Å². The number of thiazole rings is 1. The summed E-state index contributed by atoms with van der Waals surface area (Å²) in [5, 5.41) is 5.77. The van der Waals surface area contributed by atoms with E-state index in [2.05, 4.69) is 107 Å². The summed E-state index contributed by atoms with van der Waals surface area (Å²) in [7, 11) is 0. The van der Waals surface area contributed by atoms with Gasteiger partial charge in [-0.1, -0.05) is 90.5 Å². The third-order valence-corrected chi connectivity index (χ3v) is 7.06. The molecular weight excluding hydrogens is 462 g/mol. The first-order valence-electron chi connectivity index (χ1n) is 12.6. The van der Waals surface area contributed by atoms with Crippen molar-refractivity contribution < 1.29 is 4.79 Å². The molecule has 1 heterocycles. The maximum atomic E-state index is 12.4. The Bertz CT molecular complexity index is 1180. The van der Waals surface area contributed by atoms with Crippen molar-refractivity contribution in [2.24, 2.45) is 0 Å². The zero-order chi connectivity index (χ0) is 25.3. The maximum absolute atomic E-state index is 12.4. The number of benzene rings is 3. The van der Waals surface area contributed by atoms with Gasteiger partial charge in [-0.25, -0.2) is 4.98 Å². The van der Waals surface area contributed by atoms with Gasteiger partial charge in [-0.05, 0) is 50.4 Å². The van der Waals surface area contributed by atoms with Crippen LogP contribution >= 0.6 is 11.3 Å². The third-order valence-electron chi connectivity index (χ3n) is 6.23. The van der Waals surface area contributed by atoms with Crippen molar-refractivity contribution >= 4 is 17.2 Å². The van der Waals surface area contributed by atoms with Gasteiger partial charge in [0, 0.05) is 23.9 Å². The first-order chi connectivity index (χ1) is 17.5. The van der Waals surface area contributed by atoms with Crippen molar-refractivity contribution in [1.29, 1.82) is 0 Å². The molecule has 3 aromatic carbocycles. The Morgan fingerprint density at radius 1 is 0.889 bits per heavy atom. The molecule has 1 aromatic heterocycles. The molecule has 0 saturated heterocycles. The highest BCUT2D eigenvalue weighted by Crippen LogP contribution is 2.29. The molecule has 0 unspecified atom stereocenters. The molecule has 4 aromatic rings. The number of hydrogen-bond acceptors (Lipinski definition) is 4. The fourth-order valence-electron chi connectivity index (χ4n) is 4.39. The number of aryl methyl sites for hydroxylation is 1.